The van der Waals surface area contributed by atoms with Gasteiger partial charge in [-0.05, 0) is 42.5 Å². The number of thioether (sulfide) groups is 1. The summed E-state index contributed by atoms with van der Waals surface area (Å²) in [5.74, 6) is -2.19. The standard InChI is InChI=1S/C16H9FN4O5S3/c17-8-1-3-9(4-2-8)18-13(22)14(27)19-20-15(23)11(29-16(20)28)7-10-5-6-12(26-10)21(24)25/h1-7H,(H,18,22)(H,19,27)/b11-7+. The van der Waals surface area contributed by atoms with Crippen LogP contribution in [0.5, 0.6) is 0 Å². The van der Waals surface area contributed by atoms with Crippen LogP contribution in [0.2, 0.25) is 0 Å². The molecule has 0 saturated carbocycles. The third kappa shape index (κ3) is 4.82. The molecule has 29 heavy (non-hydrogen) atoms. The summed E-state index contributed by atoms with van der Waals surface area (Å²) in [6.07, 6.45) is 1.29. The average molecular weight is 452 g/mol. The van der Waals surface area contributed by atoms with Crippen LogP contribution in [-0.4, -0.2) is 31.1 Å². The van der Waals surface area contributed by atoms with E-state index in [0.717, 1.165) is 35.0 Å². The number of hydrogen-bond donors (Lipinski definition) is 2. The van der Waals surface area contributed by atoms with E-state index in [2.05, 4.69) is 10.7 Å². The number of nitrogens with one attached hydrogen (secondary N) is 2. The molecule has 0 aliphatic carbocycles. The van der Waals surface area contributed by atoms with Crippen molar-refractivity contribution >= 4 is 75.0 Å². The van der Waals surface area contributed by atoms with E-state index >= 15 is 0 Å². The van der Waals surface area contributed by atoms with Crippen LogP contribution in [0.15, 0.2) is 45.7 Å². The Morgan fingerprint density at radius 2 is 1.97 bits per heavy atom. The Kier molecular flexibility index (Phi) is 6.00. The van der Waals surface area contributed by atoms with E-state index in [1.807, 2.05) is 0 Å². The Morgan fingerprint density at radius 3 is 2.59 bits per heavy atom. The van der Waals surface area contributed by atoms with E-state index in [4.69, 9.17) is 28.9 Å². The van der Waals surface area contributed by atoms with Gasteiger partial charge in [0.15, 0.2) is 9.31 Å². The second-order valence-corrected chi connectivity index (χ2v) is 7.44. The molecule has 0 radical (unpaired) electrons. The summed E-state index contributed by atoms with van der Waals surface area (Å²) in [5, 5.41) is 14.0. The van der Waals surface area contributed by atoms with Gasteiger partial charge >= 0.3 is 5.88 Å². The Bertz CT molecular complexity index is 1070. The molecule has 1 aromatic heterocycles. The molecule has 2 N–H and O–H groups in total. The molecule has 1 aromatic carbocycles. The maximum atomic E-state index is 12.9. The van der Waals surface area contributed by atoms with Crippen LogP contribution in [-0.2, 0) is 9.59 Å². The van der Waals surface area contributed by atoms with Crippen molar-refractivity contribution in [1.29, 1.82) is 0 Å². The summed E-state index contributed by atoms with van der Waals surface area (Å²) in [6, 6.07) is 7.51. The van der Waals surface area contributed by atoms with Gasteiger partial charge in [0.2, 0.25) is 0 Å². The molecule has 2 aromatic rings. The number of nitro groups is 1. The predicted octanol–water partition coefficient (Wildman–Crippen LogP) is 3.00. The lowest BCUT2D eigenvalue weighted by molar-refractivity contribution is -0.402. The first kappa shape index (κ1) is 20.6. The van der Waals surface area contributed by atoms with E-state index in [-0.39, 0.29) is 20.0 Å². The molecule has 2 heterocycles. The summed E-state index contributed by atoms with van der Waals surface area (Å²) < 4.78 is 18.0. The monoisotopic (exact) mass is 452 g/mol. The van der Waals surface area contributed by atoms with E-state index in [1.54, 1.807) is 0 Å². The lowest BCUT2D eigenvalue weighted by atomic mass is 10.3. The third-order valence-corrected chi connectivity index (χ3v) is 4.96. The maximum absolute atomic E-state index is 12.9. The number of hydrazine groups is 1. The number of benzene rings is 1. The minimum absolute atomic E-state index is 0.0687. The third-order valence-electron chi connectivity index (χ3n) is 3.38. The normalized spacial score (nSPS) is 14.9. The SMILES string of the molecule is O=C(Nc1ccc(F)cc1)C(=S)NN1C(=O)/C(=C\c2ccc([N+](=O)[O-])o2)SC1=S. The first-order valence-corrected chi connectivity index (χ1v) is 9.27. The van der Waals surface area contributed by atoms with Crippen LogP contribution < -0.4 is 10.7 Å². The topological polar surface area (TPSA) is 118 Å². The minimum Gasteiger partial charge on any atom is -0.401 e. The fourth-order valence-electron chi connectivity index (χ4n) is 2.08. The molecule has 148 valence electrons. The van der Waals surface area contributed by atoms with Gasteiger partial charge in [-0.1, -0.05) is 24.0 Å². The second-order valence-electron chi connectivity index (χ2n) is 5.35. The molecule has 0 spiro atoms. The number of carbonyl (C=O) groups excluding carboxylic acids is 2. The van der Waals surface area contributed by atoms with Gasteiger partial charge in [-0.25, -0.2) is 4.39 Å². The van der Waals surface area contributed by atoms with E-state index in [1.165, 1.54) is 24.3 Å². The van der Waals surface area contributed by atoms with E-state index in [9.17, 15) is 24.1 Å². The summed E-state index contributed by atoms with van der Waals surface area (Å²) >= 11 is 11.0. The fourth-order valence-corrected chi connectivity index (χ4v) is 3.39. The molecule has 9 nitrogen and oxygen atoms in total. The summed E-state index contributed by atoms with van der Waals surface area (Å²) in [7, 11) is 0. The van der Waals surface area contributed by atoms with Gasteiger partial charge in [0, 0.05) is 11.8 Å². The zero-order valence-electron chi connectivity index (χ0n) is 14.1. The van der Waals surface area contributed by atoms with Crippen molar-refractivity contribution in [1.82, 2.24) is 10.4 Å². The van der Waals surface area contributed by atoms with Crippen LogP contribution in [0.3, 0.4) is 0 Å². The maximum Gasteiger partial charge on any atom is 0.433 e. The van der Waals surface area contributed by atoms with Gasteiger partial charge in [0.1, 0.15) is 16.5 Å². The van der Waals surface area contributed by atoms with Gasteiger partial charge in [0.05, 0.1) is 11.0 Å². The second kappa shape index (κ2) is 8.46. The number of nitrogens with zero attached hydrogens (tertiary/aromatic N) is 2. The van der Waals surface area contributed by atoms with Gasteiger partial charge < -0.3 is 9.73 Å². The van der Waals surface area contributed by atoms with Gasteiger partial charge in [-0.3, -0.25) is 25.1 Å². The van der Waals surface area contributed by atoms with Crippen molar-refractivity contribution in [3.63, 3.8) is 0 Å². The molecule has 1 fully saturated rings. The van der Waals surface area contributed by atoms with Gasteiger partial charge in [-0.15, -0.1) is 0 Å². The Morgan fingerprint density at radius 1 is 1.28 bits per heavy atom. The minimum atomic E-state index is -0.730. The molecule has 0 unspecified atom stereocenters. The van der Waals surface area contributed by atoms with Gasteiger partial charge in [0.25, 0.3) is 11.8 Å². The number of carbonyl (C=O) groups is 2. The fraction of sp³-hybridized carbons (Fsp3) is 0. The lowest BCUT2D eigenvalue weighted by Gasteiger charge is -2.17. The summed E-state index contributed by atoms with van der Waals surface area (Å²) in [6.45, 7) is 0. The Balaban J connectivity index is 1.66. The largest absolute Gasteiger partial charge is 0.433 e. The first-order chi connectivity index (χ1) is 13.7. The van der Waals surface area contributed by atoms with Crippen LogP contribution in [0.25, 0.3) is 6.08 Å². The van der Waals surface area contributed by atoms with Crippen molar-refractivity contribution in [3.8, 4) is 0 Å². The van der Waals surface area contributed by atoms with Crippen molar-refractivity contribution in [3.05, 3.63) is 63.0 Å². The predicted molar refractivity (Wildman–Crippen MR) is 111 cm³/mol. The first-order valence-electron chi connectivity index (χ1n) is 7.64. The highest BCUT2D eigenvalue weighted by molar-refractivity contribution is 8.26. The molecule has 2 amide bonds. The number of furan rings is 1. The van der Waals surface area contributed by atoms with Gasteiger partial charge in [-0.2, -0.15) is 5.01 Å². The number of rotatable bonds is 4. The molecular formula is C16H9FN4O5S3. The smallest absolute Gasteiger partial charge is 0.401 e. The molecule has 1 aliphatic heterocycles. The Hall–Kier alpha value is -3.16. The molecule has 1 aliphatic rings. The van der Waals surface area contributed by atoms with Crippen LogP contribution >= 0.6 is 36.2 Å². The highest BCUT2D eigenvalue weighted by Gasteiger charge is 2.34. The zero-order valence-corrected chi connectivity index (χ0v) is 16.5. The van der Waals surface area contributed by atoms with Crippen LogP contribution in [0.4, 0.5) is 16.0 Å². The molecular weight excluding hydrogens is 443 g/mol. The molecule has 0 atom stereocenters. The Labute approximate surface area is 177 Å². The zero-order chi connectivity index (χ0) is 21.1. The number of amides is 2. The van der Waals surface area contributed by atoms with Crippen LogP contribution in [0.1, 0.15) is 5.76 Å². The van der Waals surface area contributed by atoms with E-state index in [0.29, 0.717) is 5.69 Å². The molecule has 1 saturated heterocycles. The van der Waals surface area contributed by atoms with E-state index < -0.39 is 28.4 Å². The number of thiocarbonyl (C=S) groups is 2. The lowest BCUT2D eigenvalue weighted by Crippen LogP contribution is -2.48. The highest BCUT2D eigenvalue weighted by Crippen LogP contribution is 2.32. The van der Waals surface area contributed by atoms with Crippen molar-refractivity contribution in [2.45, 2.75) is 0 Å². The number of anilines is 1. The number of halogens is 1. The highest BCUT2D eigenvalue weighted by atomic mass is 32.2. The summed E-state index contributed by atoms with van der Waals surface area (Å²) in [5.41, 5.74) is 2.75. The average Bonchev–Trinajstić information content (AvgIpc) is 3.24. The van der Waals surface area contributed by atoms with Crippen LogP contribution in [0, 0.1) is 15.9 Å². The quantitative estimate of drug-likeness (QED) is 0.312. The number of hydrogen-bond acceptors (Lipinski definition) is 8. The summed E-state index contributed by atoms with van der Waals surface area (Å²) in [4.78, 5) is 34.4. The molecule has 0 bridgehead atoms. The van der Waals surface area contributed by atoms with Crippen molar-refractivity contribution in [2.24, 2.45) is 0 Å². The molecule has 3 rings (SSSR count). The molecule has 13 heteroatoms. The van der Waals surface area contributed by atoms with Crippen molar-refractivity contribution in [2.75, 3.05) is 5.32 Å². The van der Waals surface area contributed by atoms with Crippen molar-refractivity contribution < 1.29 is 23.3 Å².